The lowest BCUT2D eigenvalue weighted by Gasteiger charge is -2.19. The van der Waals surface area contributed by atoms with Crippen molar-refractivity contribution >= 4 is 0 Å². The van der Waals surface area contributed by atoms with E-state index in [1.54, 1.807) is 0 Å². The molecule has 1 heterocycles. The quantitative estimate of drug-likeness (QED) is 0.533. The Kier molecular flexibility index (Phi) is 1.95. The standard InChI is InChI=1S/C9H13N/c1-4-9-6-5-8(2)10(3)7-9/h5-7H,2,4H2,1,3H3. The van der Waals surface area contributed by atoms with E-state index in [0.717, 1.165) is 12.1 Å². The molecule has 0 N–H and O–H groups in total. The molecule has 1 aliphatic heterocycles. The van der Waals surface area contributed by atoms with Gasteiger partial charge in [-0.1, -0.05) is 19.6 Å². The zero-order valence-electron chi connectivity index (χ0n) is 6.59. The summed E-state index contributed by atoms with van der Waals surface area (Å²) in [6.07, 6.45) is 7.36. The second-order valence-corrected chi connectivity index (χ2v) is 2.49. The molecule has 0 atom stereocenters. The van der Waals surface area contributed by atoms with E-state index >= 15 is 0 Å². The van der Waals surface area contributed by atoms with E-state index in [0.29, 0.717) is 0 Å². The molecule has 0 aromatic rings. The minimum absolute atomic E-state index is 1.05. The van der Waals surface area contributed by atoms with Gasteiger partial charge < -0.3 is 4.90 Å². The van der Waals surface area contributed by atoms with Crippen LogP contribution in [0.15, 0.2) is 36.2 Å². The number of allylic oxidation sites excluding steroid dienone is 3. The molecule has 1 aliphatic rings. The van der Waals surface area contributed by atoms with Crippen LogP contribution in [0.5, 0.6) is 0 Å². The summed E-state index contributed by atoms with van der Waals surface area (Å²) in [5.74, 6) is 0. The number of nitrogens with zero attached hydrogens (tertiary/aromatic N) is 1. The van der Waals surface area contributed by atoms with Crippen molar-refractivity contribution in [2.24, 2.45) is 0 Å². The van der Waals surface area contributed by atoms with Gasteiger partial charge in [-0.05, 0) is 18.1 Å². The molecule has 0 spiro atoms. The van der Waals surface area contributed by atoms with Crippen molar-refractivity contribution in [1.82, 2.24) is 4.90 Å². The molecule has 0 saturated heterocycles. The molecule has 0 radical (unpaired) electrons. The molecular formula is C9H13N. The number of hydrogen-bond acceptors (Lipinski definition) is 1. The van der Waals surface area contributed by atoms with Crippen LogP contribution in [0.2, 0.25) is 0 Å². The Morgan fingerprint density at radius 2 is 2.20 bits per heavy atom. The fraction of sp³-hybridized carbons (Fsp3) is 0.333. The van der Waals surface area contributed by atoms with Gasteiger partial charge in [-0.2, -0.15) is 0 Å². The summed E-state index contributed by atoms with van der Waals surface area (Å²) in [5.41, 5.74) is 2.41. The summed E-state index contributed by atoms with van der Waals surface area (Å²) in [6.45, 7) is 6.01. The highest BCUT2D eigenvalue weighted by Gasteiger charge is 2.01. The van der Waals surface area contributed by atoms with Crippen molar-refractivity contribution in [3.05, 3.63) is 36.2 Å². The first-order valence-corrected chi connectivity index (χ1v) is 3.54. The van der Waals surface area contributed by atoms with Gasteiger partial charge >= 0.3 is 0 Å². The van der Waals surface area contributed by atoms with Gasteiger partial charge in [0.1, 0.15) is 0 Å². The van der Waals surface area contributed by atoms with E-state index in [1.807, 2.05) is 18.0 Å². The number of rotatable bonds is 1. The Hall–Kier alpha value is -0.980. The van der Waals surface area contributed by atoms with Gasteiger partial charge in [0.15, 0.2) is 0 Å². The molecule has 0 bridgehead atoms. The Bertz CT molecular complexity index is 199. The molecule has 1 rings (SSSR count). The summed E-state index contributed by atoms with van der Waals surface area (Å²) < 4.78 is 0. The Morgan fingerprint density at radius 1 is 1.50 bits per heavy atom. The van der Waals surface area contributed by atoms with E-state index in [9.17, 15) is 0 Å². The average molecular weight is 135 g/mol. The molecular weight excluding hydrogens is 122 g/mol. The molecule has 10 heavy (non-hydrogen) atoms. The van der Waals surface area contributed by atoms with Crippen LogP contribution in [0, 0.1) is 0 Å². The summed E-state index contributed by atoms with van der Waals surface area (Å²) in [6, 6.07) is 0. The third kappa shape index (κ3) is 1.29. The van der Waals surface area contributed by atoms with Crippen LogP contribution in [-0.2, 0) is 0 Å². The molecule has 1 nitrogen and oxygen atoms in total. The number of hydrogen-bond donors (Lipinski definition) is 0. The minimum Gasteiger partial charge on any atom is -0.351 e. The molecule has 0 unspecified atom stereocenters. The third-order valence-corrected chi connectivity index (χ3v) is 1.71. The van der Waals surface area contributed by atoms with Crippen LogP contribution in [0.1, 0.15) is 13.3 Å². The molecule has 0 aromatic heterocycles. The van der Waals surface area contributed by atoms with E-state index in [2.05, 4.69) is 25.8 Å². The molecule has 0 aromatic carbocycles. The van der Waals surface area contributed by atoms with Crippen molar-refractivity contribution in [2.45, 2.75) is 13.3 Å². The van der Waals surface area contributed by atoms with E-state index in [-0.39, 0.29) is 0 Å². The Morgan fingerprint density at radius 3 is 2.70 bits per heavy atom. The van der Waals surface area contributed by atoms with Crippen LogP contribution in [-0.4, -0.2) is 11.9 Å². The zero-order chi connectivity index (χ0) is 7.56. The monoisotopic (exact) mass is 135 g/mol. The molecule has 54 valence electrons. The maximum atomic E-state index is 3.86. The lowest BCUT2D eigenvalue weighted by Crippen LogP contribution is -2.10. The largest absolute Gasteiger partial charge is 0.351 e. The van der Waals surface area contributed by atoms with Gasteiger partial charge in [-0.3, -0.25) is 0 Å². The fourth-order valence-corrected chi connectivity index (χ4v) is 0.905. The van der Waals surface area contributed by atoms with E-state index in [4.69, 9.17) is 0 Å². The normalized spacial score (nSPS) is 17.6. The number of likely N-dealkylation sites (N-methyl/N-ethyl adjacent to an activating group) is 1. The van der Waals surface area contributed by atoms with Gasteiger partial charge in [0.05, 0.1) is 0 Å². The third-order valence-electron chi connectivity index (χ3n) is 1.71. The molecule has 0 amide bonds. The van der Waals surface area contributed by atoms with Gasteiger partial charge in [-0.15, -0.1) is 0 Å². The first-order valence-electron chi connectivity index (χ1n) is 3.54. The second kappa shape index (κ2) is 2.74. The lowest BCUT2D eigenvalue weighted by atomic mass is 10.1. The highest BCUT2D eigenvalue weighted by Crippen LogP contribution is 2.14. The van der Waals surface area contributed by atoms with Crippen LogP contribution in [0.4, 0.5) is 0 Å². The maximum absolute atomic E-state index is 3.86. The van der Waals surface area contributed by atoms with E-state index in [1.165, 1.54) is 5.57 Å². The van der Waals surface area contributed by atoms with Crippen LogP contribution < -0.4 is 0 Å². The predicted molar refractivity (Wildman–Crippen MR) is 44.4 cm³/mol. The van der Waals surface area contributed by atoms with Crippen LogP contribution in [0.25, 0.3) is 0 Å². The van der Waals surface area contributed by atoms with Crippen molar-refractivity contribution in [1.29, 1.82) is 0 Å². The van der Waals surface area contributed by atoms with Gasteiger partial charge in [0.2, 0.25) is 0 Å². The molecule has 0 fully saturated rings. The average Bonchev–Trinajstić information content (AvgIpc) is 1.95. The molecule has 0 aliphatic carbocycles. The highest BCUT2D eigenvalue weighted by molar-refractivity contribution is 5.31. The molecule has 0 saturated carbocycles. The van der Waals surface area contributed by atoms with E-state index < -0.39 is 0 Å². The highest BCUT2D eigenvalue weighted by atomic mass is 15.1. The van der Waals surface area contributed by atoms with Crippen LogP contribution >= 0.6 is 0 Å². The Balaban J connectivity index is 2.75. The minimum atomic E-state index is 1.05. The first-order chi connectivity index (χ1) is 4.74. The predicted octanol–water partition coefficient (Wildman–Crippen LogP) is 2.30. The smallest absolute Gasteiger partial charge is 0.0330 e. The van der Waals surface area contributed by atoms with Gasteiger partial charge in [-0.25, -0.2) is 0 Å². The topological polar surface area (TPSA) is 3.24 Å². The molecule has 1 heteroatoms. The second-order valence-electron chi connectivity index (χ2n) is 2.49. The van der Waals surface area contributed by atoms with Crippen molar-refractivity contribution in [3.63, 3.8) is 0 Å². The first kappa shape index (κ1) is 7.13. The van der Waals surface area contributed by atoms with Gasteiger partial charge in [0, 0.05) is 18.9 Å². The van der Waals surface area contributed by atoms with Crippen molar-refractivity contribution in [2.75, 3.05) is 7.05 Å². The fourth-order valence-electron chi connectivity index (χ4n) is 0.905. The maximum Gasteiger partial charge on any atom is 0.0330 e. The summed E-state index contributed by atoms with van der Waals surface area (Å²) in [7, 11) is 2.02. The summed E-state index contributed by atoms with van der Waals surface area (Å²) >= 11 is 0. The van der Waals surface area contributed by atoms with Gasteiger partial charge in [0.25, 0.3) is 0 Å². The van der Waals surface area contributed by atoms with Crippen molar-refractivity contribution in [3.8, 4) is 0 Å². The summed E-state index contributed by atoms with van der Waals surface area (Å²) in [5, 5.41) is 0. The Labute approximate surface area is 62.3 Å². The van der Waals surface area contributed by atoms with Crippen molar-refractivity contribution < 1.29 is 0 Å². The lowest BCUT2D eigenvalue weighted by molar-refractivity contribution is 0.578. The van der Waals surface area contributed by atoms with Crippen LogP contribution in [0.3, 0.4) is 0 Å². The SMILES string of the molecule is C=C1C=CC(CC)=CN1C. The summed E-state index contributed by atoms with van der Waals surface area (Å²) in [4.78, 5) is 2.04. The zero-order valence-corrected chi connectivity index (χ0v) is 6.59.